The van der Waals surface area contributed by atoms with Crippen LogP contribution in [0.4, 0.5) is 0 Å². The van der Waals surface area contributed by atoms with Gasteiger partial charge in [0.2, 0.25) is 0 Å². The number of carbonyl (C=O) groups excluding carboxylic acids is 2. The van der Waals surface area contributed by atoms with E-state index in [1.807, 2.05) is 12.2 Å². The number of carboxylic acid groups (broad SMARTS) is 1. The molecule has 12 nitrogen and oxygen atoms in total. The van der Waals surface area contributed by atoms with Crippen LogP contribution in [-0.2, 0) is 37.5 Å². The Kier molecular flexibility index (Phi) is 36.9. The first-order chi connectivity index (χ1) is 28.5. The van der Waals surface area contributed by atoms with Crippen LogP contribution in [0.2, 0.25) is 0 Å². The average molecular weight is 846 g/mol. The number of allylic oxidation sites excluding steroid dienone is 17. The van der Waals surface area contributed by atoms with E-state index in [1.165, 1.54) is 6.08 Å². The van der Waals surface area contributed by atoms with E-state index in [2.05, 4.69) is 97.4 Å². The smallest absolute Gasteiger partial charge is 0.472 e. The summed E-state index contributed by atoms with van der Waals surface area (Å²) >= 11 is 0. The van der Waals surface area contributed by atoms with Gasteiger partial charge in [0.25, 0.3) is 0 Å². The molecule has 0 aliphatic heterocycles. The minimum atomic E-state index is -4.80. The Morgan fingerprint density at radius 1 is 0.610 bits per heavy atom. The summed E-state index contributed by atoms with van der Waals surface area (Å²) < 4.78 is 32.4. The lowest BCUT2D eigenvalue weighted by Gasteiger charge is -2.20. The van der Waals surface area contributed by atoms with Gasteiger partial charge in [-0.15, -0.1) is 0 Å². The lowest BCUT2D eigenvalue weighted by Crippen LogP contribution is -2.34. The second-order valence-electron chi connectivity index (χ2n) is 13.6. The maximum absolute atomic E-state index is 12.6. The number of aliphatic carboxylic acids is 1. The van der Waals surface area contributed by atoms with Gasteiger partial charge in [0.1, 0.15) is 12.6 Å². The molecule has 0 fully saturated rings. The largest absolute Gasteiger partial charge is 0.480 e. The summed E-state index contributed by atoms with van der Waals surface area (Å²) in [5.41, 5.74) is 5.31. The van der Waals surface area contributed by atoms with Crippen molar-refractivity contribution >= 4 is 25.7 Å². The molecule has 0 saturated heterocycles. The first-order valence-electron chi connectivity index (χ1n) is 21.0. The Balaban J connectivity index is 4.68. The molecule has 4 atom stereocenters. The number of rotatable bonds is 37. The maximum atomic E-state index is 12.6. The highest BCUT2D eigenvalue weighted by Crippen LogP contribution is 2.43. The van der Waals surface area contributed by atoms with Gasteiger partial charge < -0.3 is 30.3 Å². The number of ether oxygens (including phenoxy) is 2. The van der Waals surface area contributed by atoms with Gasteiger partial charge in [0, 0.05) is 12.8 Å². The molecule has 0 aliphatic rings. The molecular weight excluding hydrogens is 773 g/mol. The standard InChI is InChI=1S/C46H72NO11P/c1-3-5-7-9-11-13-15-17-19-21-22-24-26-28-30-32-34-41(48)36-37-45(50)58-42(39-56-59(53,54)57-40-43(47)46(51)52)38-55-44(49)35-33-31-29-27-25-23-20-18-16-14-12-10-8-6-4-2/h5-8,11-14,17-20,22,24,28,30,32,34,41-43,48H,3-4,9-10,15-16,21,23,25-27,29,31,33,35-40,47H2,1-2H3,(H,51,52)(H,53,54)/b7-5-,8-6-,13-11-,14-12-,19-17-,20-18-,24-22-,30-28-,34-32-/t41?,42-,43+/m1/s1. The van der Waals surface area contributed by atoms with Crippen LogP contribution < -0.4 is 5.73 Å². The first kappa shape index (κ1) is 55.1. The number of aliphatic hydroxyl groups excluding tert-OH is 1. The lowest BCUT2D eigenvalue weighted by atomic mass is 10.1. The van der Waals surface area contributed by atoms with Crippen LogP contribution in [-0.4, -0.2) is 71.1 Å². The lowest BCUT2D eigenvalue weighted by molar-refractivity contribution is -0.161. The number of phosphoric ester groups is 1. The number of phosphoric acid groups is 1. The van der Waals surface area contributed by atoms with Crippen molar-refractivity contribution in [1.82, 2.24) is 0 Å². The minimum Gasteiger partial charge on any atom is -0.480 e. The summed E-state index contributed by atoms with van der Waals surface area (Å²) in [6.45, 7) is 2.28. The Labute approximate surface area is 353 Å². The van der Waals surface area contributed by atoms with Crippen LogP contribution >= 0.6 is 7.82 Å². The Bertz CT molecular complexity index is 1430. The number of unbranched alkanes of at least 4 members (excludes halogenated alkanes) is 5. The van der Waals surface area contributed by atoms with Crippen molar-refractivity contribution in [3.63, 3.8) is 0 Å². The van der Waals surface area contributed by atoms with E-state index in [1.54, 1.807) is 12.2 Å². The van der Waals surface area contributed by atoms with Gasteiger partial charge in [-0.2, -0.15) is 0 Å². The molecule has 5 N–H and O–H groups in total. The highest BCUT2D eigenvalue weighted by molar-refractivity contribution is 7.47. The molecule has 0 aromatic rings. The van der Waals surface area contributed by atoms with Crippen molar-refractivity contribution in [2.45, 2.75) is 141 Å². The number of carboxylic acids is 1. The van der Waals surface area contributed by atoms with E-state index < -0.39 is 63.8 Å². The molecule has 0 bridgehead atoms. The third kappa shape index (κ3) is 39.3. The molecule has 0 saturated carbocycles. The third-order valence-electron chi connectivity index (χ3n) is 8.13. The zero-order chi connectivity index (χ0) is 43.7. The normalized spacial score (nSPS) is 15.3. The summed E-state index contributed by atoms with van der Waals surface area (Å²) in [6, 6.07) is -1.57. The zero-order valence-electron chi connectivity index (χ0n) is 35.4. The Morgan fingerprint density at radius 2 is 1.10 bits per heavy atom. The third-order valence-corrected chi connectivity index (χ3v) is 9.08. The average Bonchev–Trinajstić information content (AvgIpc) is 3.21. The van der Waals surface area contributed by atoms with Crippen LogP contribution in [0.5, 0.6) is 0 Å². The molecule has 332 valence electrons. The molecule has 0 radical (unpaired) electrons. The molecule has 0 amide bonds. The van der Waals surface area contributed by atoms with Crippen LogP contribution in [0.1, 0.15) is 123 Å². The van der Waals surface area contributed by atoms with Gasteiger partial charge >= 0.3 is 25.7 Å². The molecule has 0 heterocycles. The van der Waals surface area contributed by atoms with E-state index in [0.29, 0.717) is 6.42 Å². The second-order valence-corrected chi connectivity index (χ2v) is 15.0. The van der Waals surface area contributed by atoms with Crippen molar-refractivity contribution in [3.8, 4) is 0 Å². The van der Waals surface area contributed by atoms with Gasteiger partial charge in [-0.05, 0) is 77.0 Å². The predicted molar refractivity (Wildman–Crippen MR) is 236 cm³/mol. The highest BCUT2D eigenvalue weighted by Gasteiger charge is 2.28. The van der Waals surface area contributed by atoms with E-state index in [4.69, 9.17) is 24.8 Å². The van der Waals surface area contributed by atoms with Crippen molar-refractivity contribution in [2.24, 2.45) is 5.73 Å². The van der Waals surface area contributed by atoms with Gasteiger partial charge in [-0.1, -0.05) is 142 Å². The molecule has 0 spiro atoms. The summed E-state index contributed by atoms with van der Waals surface area (Å²) in [5, 5.41) is 19.2. The second kappa shape index (κ2) is 39.6. The molecule has 0 aromatic carbocycles. The van der Waals surface area contributed by atoms with Crippen LogP contribution in [0.3, 0.4) is 0 Å². The van der Waals surface area contributed by atoms with Crippen LogP contribution in [0.15, 0.2) is 109 Å². The van der Waals surface area contributed by atoms with Crippen molar-refractivity contribution < 1.29 is 52.6 Å². The summed E-state index contributed by atoms with van der Waals surface area (Å²) in [4.78, 5) is 45.9. The summed E-state index contributed by atoms with van der Waals surface area (Å²) in [5.74, 6) is -2.73. The maximum Gasteiger partial charge on any atom is 0.472 e. The van der Waals surface area contributed by atoms with E-state index >= 15 is 0 Å². The predicted octanol–water partition coefficient (Wildman–Crippen LogP) is 10.0. The molecule has 2 unspecified atom stereocenters. The molecule has 59 heavy (non-hydrogen) atoms. The molecule has 0 rings (SSSR count). The number of carbonyl (C=O) groups is 3. The fraction of sp³-hybridized carbons (Fsp3) is 0.543. The van der Waals surface area contributed by atoms with Gasteiger partial charge in [0.05, 0.1) is 19.3 Å². The zero-order valence-corrected chi connectivity index (χ0v) is 36.3. The number of hydrogen-bond donors (Lipinski definition) is 4. The van der Waals surface area contributed by atoms with Crippen LogP contribution in [0, 0.1) is 0 Å². The Morgan fingerprint density at radius 3 is 1.66 bits per heavy atom. The first-order valence-corrected chi connectivity index (χ1v) is 22.5. The van der Waals surface area contributed by atoms with Crippen molar-refractivity contribution in [2.75, 3.05) is 19.8 Å². The number of hydrogen-bond acceptors (Lipinski definition) is 10. The summed E-state index contributed by atoms with van der Waals surface area (Å²) in [6.07, 6.45) is 47.7. The quantitative estimate of drug-likeness (QED) is 0.0152. The fourth-order valence-electron chi connectivity index (χ4n) is 4.83. The Hall–Kier alpha value is -3.90. The van der Waals surface area contributed by atoms with Crippen molar-refractivity contribution in [3.05, 3.63) is 109 Å². The molecule has 0 aromatic heterocycles. The number of esters is 2. The number of nitrogens with two attached hydrogens (primary N) is 1. The number of aliphatic hydroxyl groups is 1. The van der Waals surface area contributed by atoms with E-state index in [-0.39, 0.29) is 19.3 Å². The highest BCUT2D eigenvalue weighted by atomic mass is 31.2. The van der Waals surface area contributed by atoms with Crippen LogP contribution in [0.25, 0.3) is 0 Å². The topological polar surface area (TPSA) is 192 Å². The van der Waals surface area contributed by atoms with E-state index in [9.17, 15) is 28.9 Å². The fourth-order valence-corrected chi connectivity index (χ4v) is 5.61. The monoisotopic (exact) mass is 845 g/mol. The summed E-state index contributed by atoms with van der Waals surface area (Å²) in [7, 11) is -4.80. The van der Waals surface area contributed by atoms with Crippen molar-refractivity contribution in [1.29, 1.82) is 0 Å². The van der Waals surface area contributed by atoms with Gasteiger partial charge in [0.15, 0.2) is 6.10 Å². The van der Waals surface area contributed by atoms with Gasteiger partial charge in [-0.25, -0.2) is 4.57 Å². The SMILES string of the molecule is CC/C=C\C/C=C\C/C=C\C/C=C\C/C=C\C=C/C(O)CCC(=O)O[C@H](COC(=O)CCCCCCC/C=C\C/C=C\C/C=C\CC)COP(=O)(O)OC[C@H](N)C(=O)O. The molecular formula is C46H72NO11P. The molecule has 0 aliphatic carbocycles. The minimum absolute atomic E-state index is 0.0346. The van der Waals surface area contributed by atoms with Gasteiger partial charge in [-0.3, -0.25) is 23.4 Å². The van der Waals surface area contributed by atoms with E-state index in [0.717, 1.165) is 83.5 Å². The molecule has 13 heteroatoms.